The number of fused-ring (bicyclic) bond motifs is 1. The van der Waals surface area contributed by atoms with Gasteiger partial charge in [-0.1, -0.05) is 6.07 Å². The minimum absolute atomic E-state index is 0.0452. The van der Waals surface area contributed by atoms with Gasteiger partial charge in [-0.05, 0) is 25.5 Å². The molecule has 1 aliphatic rings. The van der Waals surface area contributed by atoms with Gasteiger partial charge in [-0.2, -0.15) is 0 Å². The van der Waals surface area contributed by atoms with Crippen LogP contribution in [0.2, 0.25) is 0 Å². The quantitative estimate of drug-likeness (QED) is 0.866. The lowest BCUT2D eigenvalue weighted by atomic mass is 10.1. The van der Waals surface area contributed by atoms with Gasteiger partial charge < -0.3 is 14.7 Å². The number of anilines is 1. The van der Waals surface area contributed by atoms with E-state index in [9.17, 15) is 4.79 Å². The van der Waals surface area contributed by atoms with Crippen molar-refractivity contribution in [2.45, 2.75) is 25.8 Å². The monoisotopic (exact) mass is 235 g/mol. The molecular weight excluding hydrogens is 218 g/mol. The maximum atomic E-state index is 10.9. The number of ether oxygens (including phenoxy) is 1. The molecule has 92 valence electrons. The third-order valence-corrected chi connectivity index (χ3v) is 3.27. The summed E-state index contributed by atoms with van der Waals surface area (Å²) < 4.78 is 5.33. The third-order valence-electron chi connectivity index (χ3n) is 3.27. The van der Waals surface area contributed by atoms with Crippen LogP contribution in [0.15, 0.2) is 18.2 Å². The summed E-state index contributed by atoms with van der Waals surface area (Å²) in [5, 5.41) is 8.93. The average molecular weight is 235 g/mol. The number of benzene rings is 1. The van der Waals surface area contributed by atoms with Crippen LogP contribution >= 0.6 is 0 Å². The molecule has 4 heteroatoms. The number of carbonyl (C=O) groups is 1. The Kier molecular flexibility index (Phi) is 3.22. The fourth-order valence-corrected chi connectivity index (χ4v) is 2.57. The highest BCUT2D eigenvalue weighted by Crippen LogP contribution is 2.38. The predicted octanol–water partition coefficient (Wildman–Crippen LogP) is 1.92. The van der Waals surface area contributed by atoms with Gasteiger partial charge in [0, 0.05) is 23.8 Å². The summed E-state index contributed by atoms with van der Waals surface area (Å²) in [6.45, 7) is 2.86. The largest absolute Gasteiger partial charge is 0.496 e. The molecule has 2 rings (SSSR count). The van der Waals surface area contributed by atoms with E-state index in [2.05, 4.69) is 4.90 Å². The summed E-state index contributed by atoms with van der Waals surface area (Å²) in [5.41, 5.74) is 2.24. The normalized spacial score (nSPS) is 18.0. The van der Waals surface area contributed by atoms with E-state index in [0.717, 1.165) is 30.0 Å². The molecule has 0 aromatic heterocycles. The smallest absolute Gasteiger partial charge is 0.305 e. The van der Waals surface area contributed by atoms with Crippen LogP contribution in [0.25, 0.3) is 0 Å². The van der Waals surface area contributed by atoms with Gasteiger partial charge in [0.2, 0.25) is 0 Å². The molecule has 0 amide bonds. The molecule has 0 bridgehead atoms. The van der Waals surface area contributed by atoms with Crippen LogP contribution in [0, 0.1) is 0 Å². The molecule has 1 aromatic rings. The fraction of sp³-hybridized carbons (Fsp3) is 0.462. The van der Waals surface area contributed by atoms with Crippen LogP contribution in [0.4, 0.5) is 5.69 Å². The van der Waals surface area contributed by atoms with Crippen molar-refractivity contribution in [3.8, 4) is 5.75 Å². The summed E-state index contributed by atoms with van der Waals surface area (Å²) in [6, 6.07) is 5.95. The highest BCUT2D eigenvalue weighted by atomic mass is 16.5. The first-order valence-corrected chi connectivity index (χ1v) is 5.81. The Morgan fingerprint density at radius 2 is 2.35 bits per heavy atom. The number of likely N-dealkylation sites (N-methyl/N-ethyl adjacent to an activating group) is 1. The van der Waals surface area contributed by atoms with Crippen molar-refractivity contribution in [2.24, 2.45) is 0 Å². The van der Waals surface area contributed by atoms with Crippen molar-refractivity contribution in [2.75, 3.05) is 18.6 Å². The van der Waals surface area contributed by atoms with Gasteiger partial charge >= 0.3 is 5.97 Å². The number of nitrogens with zero attached hydrogens (tertiary/aromatic N) is 1. The molecule has 0 spiro atoms. The van der Waals surface area contributed by atoms with Gasteiger partial charge in [-0.25, -0.2) is 0 Å². The zero-order valence-electron chi connectivity index (χ0n) is 10.1. The molecule has 0 radical (unpaired) electrons. The maximum absolute atomic E-state index is 10.9. The van der Waals surface area contributed by atoms with Gasteiger partial charge in [0.1, 0.15) is 5.75 Å². The topological polar surface area (TPSA) is 49.8 Å². The summed E-state index contributed by atoms with van der Waals surface area (Å²) in [5.74, 6) is 0.106. The van der Waals surface area contributed by atoms with Crippen molar-refractivity contribution in [1.29, 1.82) is 0 Å². The number of hydrogen-bond acceptors (Lipinski definition) is 3. The maximum Gasteiger partial charge on any atom is 0.305 e. The predicted molar refractivity (Wildman–Crippen MR) is 65.8 cm³/mol. The Morgan fingerprint density at radius 3 is 2.94 bits per heavy atom. The molecule has 1 aromatic carbocycles. The van der Waals surface area contributed by atoms with Crippen LogP contribution in [-0.2, 0) is 11.2 Å². The van der Waals surface area contributed by atoms with E-state index in [-0.39, 0.29) is 12.5 Å². The van der Waals surface area contributed by atoms with Gasteiger partial charge in [0.15, 0.2) is 0 Å². The second-order valence-electron chi connectivity index (χ2n) is 4.20. The summed E-state index contributed by atoms with van der Waals surface area (Å²) in [7, 11) is 1.65. The average Bonchev–Trinajstić information content (AvgIpc) is 2.64. The number of methoxy groups -OCH3 is 1. The fourth-order valence-electron chi connectivity index (χ4n) is 2.57. The minimum atomic E-state index is -0.750. The Balaban J connectivity index is 2.33. The molecule has 1 N–H and O–H groups in total. The van der Waals surface area contributed by atoms with E-state index in [1.807, 2.05) is 25.1 Å². The molecule has 0 saturated carbocycles. The van der Waals surface area contributed by atoms with Crippen molar-refractivity contribution in [3.05, 3.63) is 23.8 Å². The lowest BCUT2D eigenvalue weighted by Crippen LogP contribution is -2.33. The molecule has 1 atom stereocenters. The number of aliphatic carboxylic acids is 1. The standard InChI is InChI=1S/C13H17NO3/c1-3-14-9(8-13(15)16)7-10-11(14)5-4-6-12(10)17-2/h4-6,9H,3,7-8H2,1-2H3,(H,15,16). The van der Waals surface area contributed by atoms with Crippen molar-refractivity contribution in [3.63, 3.8) is 0 Å². The minimum Gasteiger partial charge on any atom is -0.496 e. The Labute approximate surface area is 101 Å². The molecule has 1 aliphatic heterocycles. The van der Waals surface area contributed by atoms with Gasteiger partial charge in [-0.3, -0.25) is 4.79 Å². The highest BCUT2D eigenvalue weighted by molar-refractivity contribution is 5.72. The first-order valence-electron chi connectivity index (χ1n) is 5.81. The summed E-state index contributed by atoms with van der Waals surface area (Å²) in [4.78, 5) is 13.0. The van der Waals surface area contributed by atoms with E-state index in [1.165, 1.54) is 0 Å². The van der Waals surface area contributed by atoms with Crippen LogP contribution in [0.1, 0.15) is 18.9 Å². The summed E-state index contributed by atoms with van der Waals surface area (Å²) in [6.07, 6.45) is 0.922. The van der Waals surface area contributed by atoms with Crippen LogP contribution in [0.3, 0.4) is 0 Å². The Hall–Kier alpha value is -1.71. The van der Waals surface area contributed by atoms with E-state index >= 15 is 0 Å². The molecule has 0 aliphatic carbocycles. The molecule has 0 fully saturated rings. The van der Waals surface area contributed by atoms with Crippen molar-refractivity contribution in [1.82, 2.24) is 0 Å². The van der Waals surface area contributed by atoms with E-state index < -0.39 is 5.97 Å². The van der Waals surface area contributed by atoms with Crippen LogP contribution < -0.4 is 9.64 Å². The SMILES string of the molecule is CCN1c2cccc(OC)c2CC1CC(=O)O. The van der Waals surface area contributed by atoms with Crippen molar-refractivity contribution < 1.29 is 14.6 Å². The van der Waals surface area contributed by atoms with Crippen molar-refractivity contribution >= 4 is 11.7 Å². The Bertz CT molecular complexity index is 431. The van der Waals surface area contributed by atoms with Gasteiger partial charge in [-0.15, -0.1) is 0 Å². The second-order valence-corrected chi connectivity index (χ2v) is 4.20. The van der Waals surface area contributed by atoms with E-state index in [0.29, 0.717) is 0 Å². The van der Waals surface area contributed by atoms with E-state index in [4.69, 9.17) is 9.84 Å². The number of carboxylic acids is 1. The van der Waals surface area contributed by atoms with Gasteiger partial charge in [0.05, 0.1) is 13.5 Å². The molecule has 17 heavy (non-hydrogen) atoms. The van der Waals surface area contributed by atoms with Crippen LogP contribution in [0.5, 0.6) is 5.75 Å². The first kappa shape index (κ1) is 11.8. The third kappa shape index (κ3) is 2.07. The Morgan fingerprint density at radius 1 is 1.59 bits per heavy atom. The number of hydrogen-bond donors (Lipinski definition) is 1. The van der Waals surface area contributed by atoms with E-state index in [1.54, 1.807) is 7.11 Å². The molecule has 4 nitrogen and oxygen atoms in total. The van der Waals surface area contributed by atoms with Gasteiger partial charge in [0.25, 0.3) is 0 Å². The molecule has 1 unspecified atom stereocenters. The molecule has 0 saturated heterocycles. The summed E-state index contributed by atoms with van der Waals surface area (Å²) >= 11 is 0. The number of carboxylic acid groups (broad SMARTS) is 1. The molecular formula is C13H17NO3. The number of rotatable bonds is 4. The molecule has 1 heterocycles. The zero-order valence-corrected chi connectivity index (χ0v) is 10.1. The first-order chi connectivity index (χ1) is 8.17. The van der Waals surface area contributed by atoms with Crippen LogP contribution in [-0.4, -0.2) is 30.8 Å². The lowest BCUT2D eigenvalue weighted by Gasteiger charge is -2.24. The second kappa shape index (κ2) is 4.65. The lowest BCUT2D eigenvalue weighted by molar-refractivity contribution is -0.137. The highest BCUT2D eigenvalue weighted by Gasteiger charge is 2.31. The zero-order chi connectivity index (χ0) is 12.4.